The molecule has 0 saturated heterocycles. The van der Waals surface area contributed by atoms with Crippen molar-refractivity contribution < 1.29 is 4.79 Å². The molecule has 0 spiro atoms. The summed E-state index contributed by atoms with van der Waals surface area (Å²) in [5, 5.41) is 0. The van der Waals surface area contributed by atoms with E-state index < -0.39 is 0 Å². The van der Waals surface area contributed by atoms with Gasteiger partial charge in [0.05, 0.1) is 5.75 Å². The zero-order chi connectivity index (χ0) is 11.3. The largest absolute Gasteiger partial charge is 0.299 e. The fourth-order valence-corrected chi connectivity index (χ4v) is 2.21. The zero-order valence-corrected chi connectivity index (χ0v) is 10.5. The second kappa shape index (κ2) is 5.96. The van der Waals surface area contributed by atoms with Crippen molar-refractivity contribution in [1.29, 1.82) is 0 Å². The summed E-state index contributed by atoms with van der Waals surface area (Å²) in [6, 6.07) is 6.35. The van der Waals surface area contributed by atoms with E-state index in [1.54, 1.807) is 11.8 Å². The lowest BCUT2D eigenvalue weighted by atomic mass is 10.1. The van der Waals surface area contributed by atoms with Gasteiger partial charge in [0.25, 0.3) is 0 Å². The van der Waals surface area contributed by atoms with Crippen LogP contribution in [0, 0.1) is 13.8 Å². The van der Waals surface area contributed by atoms with Crippen LogP contribution in [-0.2, 0) is 4.79 Å². The quantitative estimate of drug-likeness (QED) is 0.705. The van der Waals surface area contributed by atoms with Crippen LogP contribution >= 0.6 is 11.8 Å². The Morgan fingerprint density at radius 3 is 2.60 bits per heavy atom. The molecule has 0 N–H and O–H groups in total. The Hall–Kier alpha value is -0.760. The Bertz CT molecular complexity index is 344. The third-order valence-electron chi connectivity index (χ3n) is 2.41. The van der Waals surface area contributed by atoms with Crippen molar-refractivity contribution >= 4 is 17.5 Å². The highest BCUT2D eigenvalue weighted by Crippen LogP contribution is 2.21. The number of rotatable bonds is 5. The van der Waals surface area contributed by atoms with Crippen LogP contribution in [0.15, 0.2) is 23.1 Å². The molecule has 0 amide bonds. The molecule has 82 valence electrons. The Labute approximate surface area is 96.3 Å². The molecule has 1 rings (SSSR count). The van der Waals surface area contributed by atoms with Gasteiger partial charge in [-0.15, -0.1) is 11.8 Å². The predicted octanol–water partition coefficient (Wildman–Crippen LogP) is 3.76. The van der Waals surface area contributed by atoms with Crippen molar-refractivity contribution in [2.45, 2.75) is 38.5 Å². The number of hydrogen-bond acceptors (Lipinski definition) is 2. The van der Waals surface area contributed by atoms with Crippen LogP contribution in [0.25, 0.3) is 0 Å². The molecule has 0 bridgehead atoms. The average Bonchev–Trinajstić information content (AvgIpc) is 2.20. The van der Waals surface area contributed by atoms with Gasteiger partial charge in [-0.05, 0) is 43.5 Å². The minimum absolute atomic E-state index is 0.348. The van der Waals surface area contributed by atoms with Crippen LogP contribution in [-0.4, -0.2) is 11.5 Å². The van der Waals surface area contributed by atoms with E-state index in [0.717, 1.165) is 6.42 Å². The summed E-state index contributed by atoms with van der Waals surface area (Å²) in [7, 11) is 0. The van der Waals surface area contributed by atoms with Gasteiger partial charge in [-0.25, -0.2) is 0 Å². The molecule has 0 fully saturated rings. The van der Waals surface area contributed by atoms with Crippen LogP contribution < -0.4 is 0 Å². The first-order valence-corrected chi connectivity index (χ1v) is 6.33. The molecule has 1 nitrogen and oxygen atoms in total. The molecule has 0 unspecified atom stereocenters. The third-order valence-corrected chi connectivity index (χ3v) is 3.46. The van der Waals surface area contributed by atoms with Gasteiger partial charge >= 0.3 is 0 Å². The van der Waals surface area contributed by atoms with Crippen LogP contribution in [0.2, 0.25) is 0 Å². The topological polar surface area (TPSA) is 17.1 Å². The van der Waals surface area contributed by atoms with Crippen molar-refractivity contribution in [3.05, 3.63) is 29.3 Å². The smallest absolute Gasteiger partial charge is 0.143 e. The summed E-state index contributed by atoms with van der Waals surface area (Å²) >= 11 is 1.64. The number of carbonyl (C=O) groups is 1. The summed E-state index contributed by atoms with van der Waals surface area (Å²) in [5.41, 5.74) is 2.60. The van der Waals surface area contributed by atoms with Crippen LogP contribution in [0.3, 0.4) is 0 Å². The van der Waals surface area contributed by atoms with E-state index in [1.807, 2.05) is 6.92 Å². The maximum Gasteiger partial charge on any atom is 0.143 e. The minimum Gasteiger partial charge on any atom is -0.299 e. The Morgan fingerprint density at radius 1 is 1.27 bits per heavy atom. The number of aryl methyl sites for hydroxylation is 2. The van der Waals surface area contributed by atoms with E-state index in [2.05, 4.69) is 32.0 Å². The molecule has 15 heavy (non-hydrogen) atoms. The van der Waals surface area contributed by atoms with Crippen LogP contribution in [0.4, 0.5) is 0 Å². The van der Waals surface area contributed by atoms with E-state index in [9.17, 15) is 4.79 Å². The number of carbonyl (C=O) groups excluding carboxylic acids is 1. The molecule has 0 aliphatic rings. The van der Waals surface area contributed by atoms with Gasteiger partial charge in [-0.1, -0.05) is 13.0 Å². The van der Waals surface area contributed by atoms with Crippen LogP contribution in [0.5, 0.6) is 0 Å². The summed E-state index contributed by atoms with van der Waals surface area (Å²) in [6.07, 6.45) is 1.66. The van der Waals surface area contributed by atoms with Gasteiger partial charge in [0, 0.05) is 11.3 Å². The van der Waals surface area contributed by atoms with Crippen molar-refractivity contribution in [3.8, 4) is 0 Å². The summed E-state index contributed by atoms with van der Waals surface area (Å²) in [4.78, 5) is 12.5. The zero-order valence-electron chi connectivity index (χ0n) is 9.67. The lowest BCUT2D eigenvalue weighted by molar-refractivity contribution is -0.116. The van der Waals surface area contributed by atoms with E-state index in [4.69, 9.17) is 0 Å². The highest BCUT2D eigenvalue weighted by atomic mass is 32.2. The lowest BCUT2D eigenvalue weighted by Crippen LogP contribution is -1.99. The SMILES string of the molecule is CCCC(=O)CSc1ccc(C)c(C)c1. The predicted molar refractivity (Wildman–Crippen MR) is 66.6 cm³/mol. The normalized spacial score (nSPS) is 10.3. The summed E-state index contributed by atoms with van der Waals surface area (Å²) in [6.45, 7) is 6.25. The first-order valence-electron chi connectivity index (χ1n) is 5.35. The molecule has 0 aliphatic heterocycles. The average molecular weight is 222 g/mol. The van der Waals surface area contributed by atoms with Gasteiger partial charge in [-0.2, -0.15) is 0 Å². The second-order valence-electron chi connectivity index (χ2n) is 3.82. The molecule has 0 radical (unpaired) electrons. The van der Waals surface area contributed by atoms with Gasteiger partial charge in [0.2, 0.25) is 0 Å². The first kappa shape index (κ1) is 12.3. The van der Waals surface area contributed by atoms with Gasteiger partial charge in [0.15, 0.2) is 0 Å². The van der Waals surface area contributed by atoms with E-state index in [1.165, 1.54) is 16.0 Å². The summed E-state index contributed by atoms with van der Waals surface area (Å²) in [5.74, 6) is 0.955. The van der Waals surface area contributed by atoms with Crippen molar-refractivity contribution in [2.75, 3.05) is 5.75 Å². The maximum absolute atomic E-state index is 11.3. The highest BCUT2D eigenvalue weighted by molar-refractivity contribution is 8.00. The van der Waals surface area contributed by atoms with E-state index in [0.29, 0.717) is 18.0 Å². The number of Topliss-reactive ketones (excluding diaryl/α,β-unsaturated/α-hetero) is 1. The molecule has 0 aromatic heterocycles. The lowest BCUT2D eigenvalue weighted by Gasteiger charge is -2.04. The standard InChI is InChI=1S/C13H18OS/c1-4-5-12(14)9-15-13-7-6-10(2)11(3)8-13/h6-8H,4-5,9H2,1-3H3. The fourth-order valence-electron chi connectivity index (χ4n) is 1.32. The summed E-state index contributed by atoms with van der Waals surface area (Å²) < 4.78 is 0. The minimum atomic E-state index is 0.348. The second-order valence-corrected chi connectivity index (χ2v) is 4.87. The molecule has 0 saturated carbocycles. The molecule has 0 aliphatic carbocycles. The van der Waals surface area contributed by atoms with Crippen molar-refractivity contribution in [1.82, 2.24) is 0 Å². The van der Waals surface area contributed by atoms with Gasteiger partial charge < -0.3 is 0 Å². The number of benzene rings is 1. The number of thioether (sulfide) groups is 1. The maximum atomic E-state index is 11.3. The van der Waals surface area contributed by atoms with Gasteiger partial charge in [-0.3, -0.25) is 4.79 Å². The fraction of sp³-hybridized carbons (Fsp3) is 0.462. The monoisotopic (exact) mass is 222 g/mol. The van der Waals surface area contributed by atoms with Crippen molar-refractivity contribution in [2.24, 2.45) is 0 Å². The van der Waals surface area contributed by atoms with Crippen molar-refractivity contribution in [3.63, 3.8) is 0 Å². The molecule has 0 atom stereocenters. The Balaban J connectivity index is 2.51. The molecule has 1 aromatic rings. The van der Waals surface area contributed by atoms with Gasteiger partial charge in [0.1, 0.15) is 5.78 Å². The molecule has 0 heterocycles. The first-order chi connectivity index (χ1) is 7.13. The number of ketones is 1. The van der Waals surface area contributed by atoms with E-state index >= 15 is 0 Å². The molecular formula is C13H18OS. The molecule has 2 heteroatoms. The number of hydrogen-bond donors (Lipinski definition) is 0. The Kier molecular flexibility index (Phi) is 4.89. The molecular weight excluding hydrogens is 204 g/mol. The highest BCUT2D eigenvalue weighted by Gasteiger charge is 2.02. The van der Waals surface area contributed by atoms with Crippen LogP contribution in [0.1, 0.15) is 30.9 Å². The van der Waals surface area contributed by atoms with E-state index in [-0.39, 0.29) is 0 Å². The Morgan fingerprint density at radius 2 is 2.00 bits per heavy atom. The molecule has 1 aromatic carbocycles. The third kappa shape index (κ3) is 4.08.